The van der Waals surface area contributed by atoms with Crippen molar-refractivity contribution >= 4 is 0 Å². The van der Waals surface area contributed by atoms with Crippen molar-refractivity contribution in [2.24, 2.45) is 0 Å². The van der Waals surface area contributed by atoms with Crippen LogP contribution in [-0.2, 0) is 0 Å². The highest BCUT2D eigenvalue weighted by Crippen LogP contribution is 2.14. The molecule has 0 unspecified atom stereocenters. The molecule has 0 saturated carbocycles. The molecule has 3 heteroatoms. The van der Waals surface area contributed by atoms with E-state index in [-0.39, 0.29) is 12.6 Å². The lowest BCUT2D eigenvalue weighted by atomic mass is 10.1. The van der Waals surface area contributed by atoms with Crippen molar-refractivity contribution in [3.63, 3.8) is 0 Å². The molecule has 1 heterocycles. The van der Waals surface area contributed by atoms with Crippen molar-refractivity contribution in [1.82, 2.24) is 9.78 Å². The van der Waals surface area contributed by atoms with E-state index in [1.165, 1.54) is 5.56 Å². The maximum atomic E-state index is 8.88. The number of aliphatic hydroxyl groups is 1. The standard InChI is InChI=1S/C9H16N2O/c1-7(2)9-4-10-11(5-9)8(3)6-12/h4-5,7-8,12H,6H2,1-3H3/t8-/m0/s1. The molecule has 0 amide bonds. The zero-order chi connectivity index (χ0) is 9.14. The number of hydrogen-bond donors (Lipinski definition) is 1. The minimum atomic E-state index is 0.0810. The fourth-order valence-corrected chi connectivity index (χ4v) is 0.976. The third kappa shape index (κ3) is 1.85. The summed E-state index contributed by atoms with van der Waals surface area (Å²) in [5.41, 5.74) is 1.22. The van der Waals surface area contributed by atoms with Gasteiger partial charge in [-0.2, -0.15) is 5.10 Å². The largest absolute Gasteiger partial charge is 0.394 e. The minimum Gasteiger partial charge on any atom is -0.394 e. The molecule has 0 aromatic carbocycles. The number of hydrogen-bond acceptors (Lipinski definition) is 2. The quantitative estimate of drug-likeness (QED) is 0.743. The Bertz CT molecular complexity index is 242. The summed E-state index contributed by atoms with van der Waals surface area (Å²) in [4.78, 5) is 0. The molecule has 3 nitrogen and oxygen atoms in total. The molecule has 0 aliphatic rings. The molecule has 1 rings (SSSR count). The molecule has 12 heavy (non-hydrogen) atoms. The molecular formula is C9H16N2O. The third-order valence-corrected chi connectivity index (χ3v) is 2.00. The summed E-state index contributed by atoms with van der Waals surface area (Å²) in [7, 11) is 0. The monoisotopic (exact) mass is 168 g/mol. The Labute approximate surface area is 73.0 Å². The van der Waals surface area contributed by atoms with Crippen molar-refractivity contribution in [3.05, 3.63) is 18.0 Å². The molecule has 0 saturated heterocycles. The predicted octanol–water partition coefficient (Wildman–Crippen LogP) is 1.56. The van der Waals surface area contributed by atoms with Crippen LogP contribution in [0.4, 0.5) is 0 Å². The van der Waals surface area contributed by atoms with E-state index in [1.807, 2.05) is 19.3 Å². The number of aromatic nitrogens is 2. The molecule has 68 valence electrons. The van der Waals surface area contributed by atoms with Gasteiger partial charge in [0, 0.05) is 6.20 Å². The maximum Gasteiger partial charge on any atom is 0.0721 e. The zero-order valence-corrected chi connectivity index (χ0v) is 7.86. The summed E-state index contributed by atoms with van der Waals surface area (Å²) in [6.07, 6.45) is 3.85. The smallest absolute Gasteiger partial charge is 0.0721 e. The van der Waals surface area contributed by atoms with Gasteiger partial charge in [-0.25, -0.2) is 0 Å². The van der Waals surface area contributed by atoms with E-state index < -0.39 is 0 Å². The second-order valence-corrected chi connectivity index (χ2v) is 3.44. The van der Waals surface area contributed by atoms with Crippen LogP contribution < -0.4 is 0 Å². The highest BCUT2D eigenvalue weighted by atomic mass is 16.3. The van der Waals surface area contributed by atoms with Gasteiger partial charge in [-0.1, -0.05) is 13.8 Å². The Morgan fingerprint density at radius 3 is 2.58 bits per heavy atom. The van der Waals surface area contributed by atoms with Crippen molar-refractivity contribution in [3.8, 4) is 0 Å². The first-order valence-corrected chi connectivity index (χ1v) is 4.30. The Hall–Kier alpha value is -0.830. The normalized spacial score (nSPS) is 13.8. The van der Waals surface area contributed by atoms with Crippen molar-refractivity contribution < 1.29 is 5.11 Å². The Morgan fingerprint density at radius 2 is 2.17 bits per heavy atom. The van der Waals surface area contributed by atoms with E-state index >= 15 is 0 Å². The van der Waals surface area contributed by atoms with Crippen LogP contribution >= 0.6 is 0 Å². The molecule has 1 atom stereocenters. The van der Waals surface area contributed by atoms with Crippen LogP contribution in [0, 0.1) is 0 Å². The maximum absolute atomic E-state index is 8.88. The van der Waals surface area contributed by atoms with Crippen LogP contribution in [-0.4, -0.2) is 21.5 Å². The summed E-state index contributed by atoms with van der Waals surface area (Å²) in [5.74, 6) is 0.504. The third-order valence-electron chi connectivity index (χ3n) is 2.00. The fourth-order valence-electron chi connectivity index (χ4n) is 0.976. The molecule has 0 fully saturated rings. The van der Waals surface area contributed by atoms with Crippen LogP contribution in [0.2, 0.25) is 0 Å². The predicted molar refractivity (Wildman–Crippen MR) is 48.1 cm³/mol. The van der Waals surface area contributed by atoms with Gasteiger partial charge >= 0.3 is 0 Å². The van der Waals surface area contributed by atoms with Gasteiger partial charge in [0.2, 0.25) is 0 Å². The van der Waals surface area contributed by atoms with Gasteiger partial charge in [0.05, 0.1) is 18.8 Å². The van der Waals surface area contributed by atoms with Crippen LogP contribution in [0.1, 0.15) is 38.3 Å². The van der Waals surface area contributed by atoms with Crippen molar-refractivity contribution in [1.29, 1.82) is 0 Å². The first-order chi connectivity index (χ1) is 5.65. The van der Waals surface area contributed by atoms with Gasteiger partial charge in [0.1, 0.15) is 0 Å². The number of rotatable bonds is 3. The lowest BCUT2D eigenvalue weighted by molar-refractivity contribution is 0.229. The summed E-state index contributed by atoms with van der Waals surface area (Å²) in [5, 5.41) is 13.0. The molecular weight excluding hydrogens is 152 g/mol. The fraction of sp³-hybridized carbons (Fsp3) is 0.667. The van der Waals surface area contributed by atoms with Crippen LogP contribution in [0.25, 0.3) is 0 Å². The Morgan fingerprint density at radius 1 is 1.50 bits per heavy atom. The van der Waals surface area contributed by atoms with Crippen LogP contribution in [0.5, 0.6) is 0 Å². The minimum absolute atomic E-state index is 0.0810. The highest BCUT2D eigenvalue weighted by molar-refractivity contribution is 5.09. The summed E-state index contributed by atoms with van der Waals surface area (Å²) >= 11 is 0. The van der Waals surface area contributed by atoms with E-state index in [4.69, 9.17) is 5.11 Å². The number of aliphatic hydroxyl groups excluding tert-OH is 1. The average Bonchev–Trinajstić information content (AvgIpc) is 2.51. The second-order valence-electron chi connectivity index (χ2n) is 3.44. The van der Waals surface area contributed by atoms with E-state index in [0.717, 1.165) is 0 Å². The molecule has 0 radical (unpaired) electrons. The first-order valence-electron chi connectivity index (χ1n) is 4.30. The molecule has 0 aliphatic carbocycles. The van der Waals surface area contributed by atoms with Crippen molar-refractivity contribution in [2.75, 3.05) is 6.61 Å². The molecule has 0 aliphatic heterocycles. The average molecular weight is 168 g/mol. The van der Waals surface area contributed by atoms with E-state index in [9.17, 15) is 0 Å². The van der Waals surface area contributed by atoms with Gasteiger partial charge in [0.15, 0.2) is 0 Å². The van der Waals surface area contributed by atoms with Gasteiger partial charge < -0.3 is 5.11 Å². The van der Waals surface area contributed by atoms with Crippen molar-refractivity contribution in [2.45, 2.75) is 32.7 Å². The van der Waals surface area contributed by atoms with E-state index in [2.05, 4.69) is 18.9 Å². The Balaban J connectivity index is 2.77. The molecule has 1 N–H and O–H groups in total. The van der Waals surface area contributed by atoms with Gasteiger partial charge in [-0.3, -0.25) is 4.68 Å². The molecule has 1 aromatic heterocycles. The van der Waals surface area contributed by atoms with Gasteiger partial charge in [0.25, 0.3) is 0 Å². The lowest BCUT2D eigenvalue weighted by Gasteiger charge is -2.07. The first kappa shape index (κ1) is 9.26. The SMILES string of the molecule is CC(C)c1cnn([C@@H](C)CO)c1. The van der Waals surface area contributed by atoms with Gasteiger partial charge in [-0.15, -0.1) is 0 Å². The summed E-state index contributed by atoms with van der Waals surface area (Å²) in [6, 6.07) is 0.0810. The van der Waals surface area contributed by atoms with Gasteiger partial charge in [-0.05, 0) is 18.4 Å². The summed E-state index contributed by atoms with van der Waals surface area (Å²) < 4.78 is 1.80. The van der Waals surface area contributed by atoms with E-state index in [1.54, 1.807) is 4.68 Å². The second kappa shape index (κ2) is 3.72. The lowest BCUT2D eigenvalue weighted by Crippen LogP contribution is -2.09. The summed E-state index contributed by atoms with van der Waals surface area (Å²) in [6.45, 7) is 6.34. The topological polar surface area (TPSA) is 38.0 Å². The van der Waals surface area contributed by atoms with Crippen LogP contribution in [0.3, 0.4) is 0 Å². The molecule has 1 aromatic rings. The molecule has 0 bridgehead atoms. The highest BCUT2D eigenvalue weighted by Gasteiger charge is 2.06. The zero-order valence-electron chi connectivity index (χ0n) is 7.86. The van der Waals surface area contributed by atoms with E-state index in [0.29, 0.717) is 5.92 Å². The van der Waals surface area contributed by atoms with Crippen LogP contribution in [0.15, 0.2) is 12.4 Å². The number of nitrogens with zero attached hydrogens (tertiary/aromatic N) is 2. The Kier molecular flexibility index (Phi) is 2.87. The molecule has 0 spiro atoms.